The van der Waals surface area contributed by atoms with Crippen molar-refractivity contribution >= 4 is 48.9 Å². The Kier molecular flexibility index (Phi) is 4.29. The van der Waals surface area contributed by atoms with Crippen molar-refractivity contribution in [1.82, 2.24) is 7.06 Å². The topological polar surface area (TPSA) is 79.4 Å². The standard InChI is InChI=1S/C13H22I2N2O3/c1-11(6-4-3-5-7-11)8-19-9-20-10(18)12(2,14)13-15(16-13)17-13/h16-17H,3-9H2,1-2H3. The zero-order valence-corrected chi connectivity index (χ0v) is 16.2. The van der Waals surface area contributed by atoms with Gasteiger partial charge in [-0.25, -0.2) is 0 Å². The van der Waals surface area contributed by atoms with E-state index in [-0.39, 0.29) is 21.8 Å². The second kappa shape index (κ2) is 5.47. The minimum atomic E-state index is -1.12. The van der Waals surface area contributed by atoms with Crippen LogP contribution in [0.4, 0.5) is 0 Å². The third-order valence-electron chi connectivity index (χ3n) is 4.48. The second-order valence-electron chi connectivity index (χ2n) is 6.40. The monoisotopic (exact) mass is 508 g/mol. The van der Waals surface area contributed by atoms with Crippen LogP contribution in [0.5, 0.6) is 0 Å². The van der Waals surface area contributed by atoms with Gasteiger partial charge in [0, 0.05) is 0 Å². The summed E-state index contributed by atoms with van der Waals surface area (Å²) >= 11 is 1.07. The Morgan fingerprint density at radius 2 is 1.95 bits per heavy atom. The zero-order chi connectivity index (χ0) is 14.4. The number of fused-ring (bicyclic) bond motifs is 1. The molecule has 3 rings (SSSR count). The molecule has 0 aromatic heterocycles. The third kappa shape index (κ3) is 2.84. The Morgan fingerprint density at radius 3 is 2.50 bits per heavy atom. The van der Waals surface area contributed by atoms with E-state index >= 15 is 0 Å². The third-order valence-corrected chi connectivity index (χ3v) is 11.6. The number of halogens is 2. The van der Waals surface area contributed by atoms with Crippen molar-refractivity contribution in [2.75, 3.05) is 13.4 Å². The van der Waals surface area contributed by atoms with Crippen LogP contribution < -0.4 is 7.06 Å². The summed E-state index contributed by atoms with van der Waals surface area (Å²) in [6.45, 7) is 4.98. The van der Waals surface area contributed by atoms with Gasteiger partial charge in [0.05, 0.1) is 0 Å². The van der Waals surface area contributed by atoms with Crippen molar-refractivity contribution in [1.29, 1.82) is 0 Å². The van der Waals surface area contributed by atoms with Gasteiger partial charge in [0.1, 0.15) is 0 Å². The van der Waals surface area contributed by atoms with E-state index in [4.69, 9.17) is 9.47 Å². The number of hydrogen-bond acceptors (Lipinski definition) is 5. The molecule has 1 unspecified atom stereocenters. The first kappa shape index (κ1) is 15.7. The Hall–Kier alpha value is 0.810. The number of carbonyl (C=O) groups is 1. The van der Waals surface area contributed by atoms with Gasteiger partial charge in [0.2, 0.25) is 0 Å². The number of rotatable bonds is 6. The van der Waals surface area contributed by atoms with E-state index in [0.717, 1.165) is 0 Å². The van der Waals surface area contributed by atoms with Crippen molar-refractivity contribution in [3.63, 3.8) is 0 Å². The molecule has 2 aliphatic heterocycles. The van der Waals surface area contributed by atoms with Crippen LogP contribution in [-0.2, 0) is 14.3 Å². The molecule has 116 valence electrons. The van der Waals surface area contributed by atoms with Gasteiger partial charge in [0.15, 0.2) is 0 Å². The molecule has 1 saturated carbocycles. The molecule has 0 bridgehead atoms. The number of carbonyl (C=O) groups excluding carboxylic acids is 1. The molecule has 2 saturated heterocycles. The Bertz CT molecular complexity index is 404. The van der Waals surface area contributed by atoms with E-state index in [1.165, 1.54) is 32.1 Å². The van der Waals surface area contributed by atoms with E-state index in [9.17, 15) is 4.79 Å². The molecule has 0 aromatic rings. The van der Waals surface area contributed by atoms with Crippen LogP contribution in [0.3, 0.4) is 0 Å². The maximum absolute atomic E-state index is 12.1. The normalized spacial score (nSPS) is 30.1. The first-order valence-corrected chi connectivity index (χ1v) is 11.4. The predicted molar refractivity (Wildman–Crippen MR) is 93.6 cm³/mol. The van der Waals surface area contributed by atoms with Crippen molar-refractivity contribution in [2.24, 2.45) is 5.41 Å². The molecule has 2 N–H and O–H groups in total. The number of nitrogens with one attached hydrogen (secondary N) is 2. The van der Waals surface area contributed by atoms with Crippen LogP contribution in [0.1, 0.15) is 46.0 Å². The van der Waals surface area contributed by atoms with Crippen LogP contribution in [-0.4, -0.2) is 26.5 Å². The van der Waals surface area contributed by atoms with E-state index in [0.29, 0.717) is 6.61 Å². The quantitative estimate of drug-likeness (QED) is 0.0844. The van der Waals surface area contributed by atoms with Crippen LogP contribution in [0, 0.1) is 5.41 Å². The fourth-order valence-corrected chi connectivity index (χ4v) is 10.6. The van der Waals surface area contributed by atoms with Gasteiger partial charge in [-0.15, -0.1) is 0 Å². The minimum absolute atomic E-state index is 0.0656. The molecule has 1 aliphatic carbocycles. The molecule has 3 aliphatic rings. The molecule has 20 heavy (non-hydrogen) atoms. The van der Waals surface area contributed by atoms with Crippen LogP contribution in [0.2, 0.25) is 0 Å². The summed E-state index contributed by atoms with van der Waals surface area (Å²) in [7, 11) is 0. The molecule has 2 heterocycles. The number of esters is 1. The Labute approximate surface area is 141 Å². The Morgan fingerprint density at radius 1 is 1.35 bits per heavy atom. The van der Waals surface area contributed by atoms with Crippen molar-refractivity contribution in [2.45, 2.75) is 53.0 Å². The van der Waals surface area contributed by atoms with E-state index in [1.54, 1.807) is 0 Å². The summed E-state index contributed by atoms with van der Waals surface area (Å²) in [6, 6.07) is 0. The molecule has 3 fully saturated rings. The van der Waals surface area contributed by atoms with Gasteiger partial charge in [-0.05, 0) is 0 Å². The number of ether oxygens (including phenoxy) is 2. The van der Waals surface area contributed by atoms with Crippen molar-refractivity contribution < 1.29 is 14.3 Å². The van der Waals surface area contributed by atoms with Gasteiger partial charge >= 0.3 is 142 Å². The first-order chi connectivity index (χ1) is 9.40. The van der Waals surface area contributed by atoms with Crippen molar-refractivity contribution in [3.05, 3.63) is 0 Å². The summed E-state index contributed by atoms with van der Waals surface area (Å²) in [5.74, 6) is -0.177. The molecule has 0 radical (unpaired) electrons. The molecule has 1 atom stereocenters. The summed E-state index contributed by atoms with van der Waals surface area (Å²) in [4.78, 5) is 12.1. The van der Waals surface area contributed by atoms with Crippen LogP contribution in [0.25, 0.3) is 0 Å². The van der Waals surface area contributed by atoms with Crippen LogP contribution in [0.15, 0.2) is 0 Å². The maximum atomic E-state index is 12.1. The second-order valence-corrected chi connectivity index (χ2v) is 12.9. The average molecular weight is 508 g/mol. The van der Waals surface area contributed by atoms with Crippen molar-refractivity contribution in [3.8, 4) is 0 Å². The molecule has 0 spiro atoms. The molecule has 5 nitrogen and oxygen atoms in total. The SMILES string of the molecule is CC1(COCOC(=O)C(C)(I)C23NI2N3)CCCCC1. The van der Waals surface area contributed by atoms with Gasteiger partial charge in [-0.2, -0.15) is 0 Å². The van der Waals surface area contributed by atoms with Crippen LogP contribution >= 0.6 is 43.0 Å². The first-order valence-electron chi connectivity index (χ1n) is 7.09. The Balaban J connectivity index is 1.38. The summed E-state index contributed by atoms with van der Waals surface area (Å²) in [5, 5.41) is 0. The molecular weight excluding hydrogens is 486 g/mol. The average Bonchev–Trinajstić information content (AvgIpc) is 3.24. The van der Waals surface area contributed by atoms with Gasteiger partial charge in [0.25, 0.3) is 0 Å². The predicted octanol–water partition coefficient (Wildman–Crippen LogP) is 2.86. The molecule has 7 heteroatoms. The fraction of sp³-hybridized carbons (Fsp3) is 0.923. The molecule has 0 amide bonds. The number of hydrogen-bond donors (Lipinski definition) is 2. The summed E-state index contributed by atoms with van der Waals surface area (Å²) < 4.78 is 17.1. The fourth-order valence-electron chi connectivity index (χ4n) is 2.79. The zero-order valence-electron chi connectivity index (χ0n) is 11.9. The van der Waals surface area contributed by atoms with Gasteiger partial charge in [-0.1, -0.05) is 0 Å². The number of alkyl halides is 2. The summed E-state index contributed by atoms with van der Waals surface area (Å²) in [6.07, 6.45) is 6.35. The van der Waals surface area contributed by atoms with Gasteiger partial charge in [-0.3, -0.25) is 0 Å². The molecular formula is C13H22I2N2O3. The van der Waals surface area contributed by atoms with Gasteiger partial charge < -0.3 is 0 Å². The van der Waals surface area contributed by atoms with E-state index < -0.39 is 23.8 Å². The van der Waals surface area contributed by atoms with E-state index in [1.807, 2.05) is 6.92 Å². The van der Waals surface area contributed by atoms with E-state index in [2.05, 4.69) is 36.6 Å². The summed E-state index contributed by atoms with van der Waals surface area (Å²) in [5.41, 5.74) is 0.270. The molecule has 0 aromatic carbocycles.